The van der Waals surface area contributed by atoms with E-state index in [4.69, 9.17) is 0 Å². The molecular weight excluding hydrogens is 258 g/mol. The minimum Gasteiger partial charge on any atom is -0.371 e. The minimum absolute atomic E-state index is 0.352. The first-order chi connectivity index (χ1) is 9.67. The molecule has 2 heterocycles. The molecule has 1 aromatic carbocycles. The molecule has 0 amide bonds. The summed E-state index contributed by atoms with van der Waals surface area (Å²) in [5.41, 5.74) is 1.05. The van der Waals surface area contributed by atoms with Gasteiger partial charge in [-0.25, -0.2) is 8.78 Å². The van der Waals surface area contributed by atoms with Crippen molar-refractivity contribution in [1.82, 2.24) is 5.32 Å². The highest BCUT2D eigenvalue weighted by atomic mass is 19.1. The zero-order valence-electron chi connectivity index (χ0n) is 11.8. The molecule has 1 aromatic rings. The maximum Gasteiger partial charge on any atom is 0.128 e. The zero-order valence-corrected chi connectivity index (χ0v) is 11.8. The van der Waals surface area contributed by atoms with Crippen LogP contribution in [0.4, 0.5) is 14.5 Å². The molecule has 0 aliphatic carbocycles. The lowest BCUT2D eigenvalue weighted by molar-refractivity contribution is 0.245. The lowest BCUT2D eigenvalue weighted by Crippen LogP contribution is -2.32. The maximum absolute atomic E-state index is 13.4. The fourth-order valence-electron chi connectivity index (χ4n) is 3.71. The number of benzene rings is 1. The highest BCUT2D eigenvalue weighted by Crippen LogP contribution is 2.41. The largest absolute Gasteiger partial charge is 0.371 e. The van der Waals surface area contributed by atoms with Gasteiger partial charge in [-0.15, -0.1) is 0 Å². The molecular formula is C16H22F2N2. The van der Waals surface area contributed by atoms with E-state index in [1.165, 1.54) is 37.8 Å². The molecule has 4 heteroatoms. The SMILES string of the molecule is Fc1cc(F)cc(N2CCC3(CCCNCCC3)C2)c1. The van der Waals surface area contributed by atoms with Crippen molar-refractivity contribution in [3.8, 4) is 0 Å². The van der Waals surface area contributed by atoms with Gasteiger partial charge >= 0.3 is 0 Å². The molecule has 0 unspecified atom stereocenters. The average molecular weight is 280 g/mol. The van der Waals surface area contributed by atoms with Gasteiger partial charge in [0, 0.05) is 24.8 Å². The third kappa shape index (κ3) is 2.95. The topological polar surface area (TPSA) is 15.3 Å². The Morgan fingerprint density at radius 1 is 0.950 bits per heavy atom. The Labute approximate surface area is 119 Å². The van der Waals surface area contributed by atoms with E-state index < -0.39 is 11.6 Å². The summed E-state index contributed by atoms with van der Waals surface area (Å²) in [4.78, 5) is 2.15. The van der Waals surface area contributed by atoms with Crippen molar-refractivity contribution in [2.45, 2.75) is 32.1 Å². The second-order valence-corrected chi connectivity index (χ2v) is 6.26. The molecule has 2 fully saturated rings. The first-order valence-electron chi connectivity index (χ1n) is 7.59. The van der Waals surface area contributed by atoms with Crippen LogP contribution in [0.3, 0.4) is 0 Å². The molecule has 2 nitrogen and oxygen atoms in total. The van der Waals surface area contributed by atoms with Gasteiger partial charge in [0.1, 0.15) is 11.6 Å². The molecule has 3 rings (SSSR count). The van der Waals surface area contributed by atoms with E-state index in [1.807, 2.05) is 0 Å². The van der Waals surface area contributed by atoms with E-state index in [0.717, 1.165) is 38.7 Å². The highest BCUT2D eigenvalue weighted by Gasteiger charge is 2.37. The predicted molar refractivity (Wildman–Crippen MR) is 77.0 cm³/mol. The van der Waals surface area contributed by atoms with Crippen LogP contribution in [-0.4, -0.2) is 26.2 Å². The van der Waals surface area contributed by atoms with Crippen LogP contribution in [0, 0.1) is 17.0 Å². The monoisotopic (exact) mass is 280 g/mol. The molecule has 110 valence electrons. The van der Waals surface area contributed by atoms with E-state index >= 15 is 0 Å². The molecule has 2 saturated heterocycles. The number of nitrogens with zero attached hydrogens (tertiary/aromatic N) is 1. The molecule has 2 aliphatic rings. The van der Waals surface area contributed by atoms with Crippen LogP contribution in [-0.2, 0) is 0 Å². The Balaban J connectivity index is 1.74. The molecule has 2 aliphatic heterocycles. The maximum atomic E-state index is 13.4. The number of hydrogen-bond acceptors (Lipinski definition) is 2. The van der Waals surface area contributed by atoms with E-state index in [0.29, 0.717) is 11.1 Å². The van der Waals surface area contributed by atoms with Crippen LogP contribution in [0.5, 0.6) is 0 Å². The van der Waals surface area contributed by atoms with Crippen molar-refractivity contribution in [2.75, 3.05) is 31.1 Å². The van der Waals surface area contributed by atoms with Gasteiger partial charge in [0.05, 0.1) is 0 Å². The van der Waals surface area contributed by atoms with Crippen LogP contribution in [0.2, 0.25) is 0 Å². The Morgan fingerprint density at radius 2 is 1.60 bits per heavy atom. The number of anilines is 1. The van der Waals surface area contributed by atoms with Crippen molar-refractivity contribution in [3.05, 3.63) is 29.8 Å². The Hall–Kier alpha value is -1.16. The summed E-state index contributed by atoms with van der Waals surface area (Å²) in [5.74, 6) is -0.967. The Kier molecular flexibility index (Phi) is 3.92. The second kappa shape index (κ2) is 5.68. The molecule has 0 radical (unpaired) electrons. The first kappa shape index (κ1) is 13.8. The van der Waals surface area contributed by atoms with Gasteiger partial charge in [-0.3, -0.25) is 0 Å². The van der Waals surface area contributed by atoms with Gasteiger partial charge in [-0.05, 0) is 62.7 Å². The number of rotatable bonds is 1. The van der Waals surface area contributed by atoms with Crippen molar-refractivity contribution in [2.24, 2.45) is 5.41 Å². The molecule has 1 spiro atoms. The fourth-order valence-corrected chi connectivity index (χ4v) is 3.71. The standard InChI is InChI=1S/C16H22F2N2/c17-13-9-14(18)11-15(10-13)20-8-5-16(12-20)3-1-6-19-7-2-4-16/h9-11,19H,1-8,12H2. The lowest BCUT2D eigenvalue weighted by Gasteiger charge is -2.32. The molecule has 0 saturated carbocycles. The Morgan fingerprint density at radius 3 is 2.25 bits per heavy atom. The van der Waals surface area contributed by atoms with E-state index in [9.17, 15) is 8.78 Å². The van der Waals surface area contributed by atoms with Gasteiger partial charge in [-0.2, -0.15) is 0 Å². The summed E-state index contributed by atoms with van der Waals surface area (Å²) in [5, 5.41) is 3.44. The van der Waals surface area contributed by atoms with E-state index in [1.54, 1.807) is 0 Å². The summed E-state index contributed by atoms with van der Waals surface area (Å²) in [6.07, 6.45) is 5.98. The summed E-state index contributed by atoms with van der Waals surface area (Å²) < 4.78 is 26.7. The van der Waals surface area contributed by atoms with E-state index in [-0.39, 0.29) is 0 Å². The highest BCUT2D eigenvalue weighted by molar-refractivity contribution is 5.48. The van der Waals surface area contributed by atoms with Crippen molar-refractivity contribution >= 4 is 5.69 Å². The average Bonchev–Trinajstić information content (AvgIpc) is 2.78. The smallest absolute Gasteiger partial charge is 0.128 e. The molecule has 0 aromatic heterocycles. The Bertz CT molecular complexity index is 447. The van der Waals surface area contributed by atoms with Crippen molar-refractivity contribution < 1.29 is 8.78 Å². The normalized spacial score (nSPS) is 22.8. The van der Waals surface area contributed by atoms with Gasteiger partial charge in [0.15, 0.2) is 0 Å². The van der Waals surface area contributed by atoms with Crippen molar-refractivity contribution in [3.63, 3.8) is 0 Å². The molecule has 1 N–H and O–H groups in total. The zero-order chi connectivity index (χ0) is 14.0. The number of halogens is 2. The van der Waals surface area contributed by atoms with Gasteiger partial charge < -0.3 is 10.2 Å². The molecule has 0 bridgehead atoms. The van der Waals surface area contributed by atoms with Gasteiger partial charge in [0.25, 0.3) is 0 Å². The van der Waals surface area contributed by atoms with Gasteiger partial charge in [0.2, 0.25) is 0 Å². The summed E-state index contributed by atoms with van der Waals surface area (Å²) >= 11 is 0. The number of nitrogens with one attached hydrogen (secondary N) is 1. The van der Waals surface area contributed by atoms with Crippen LogP contribution in [0.1, 0.15) is 32.1 Å². The quantitative estimate of drug-likeness (QED) is 0.849. The first-order valence-corrected chi connectivity index (χ1v) is 7.59. The van der Waals surface area contributed by atoms with E-state index in [2.05, 4.69) is 10.2 Å². The predicted octanol–water partition coefficient (Wildman–Crippen LogP) is 3.32. The lowest BCUT2D eigenvalue weighted by atomic mass is 9.77. The number of hydrogen-bond donors (Lipinski definition) is 1. The third-order valence-corrected chi connectivity index (χ3v) is 4.77. The van der Waals surface area contributed by atoms with Crippen LogP contribution >= 0.6 is 0 Å². The molecule has 0 atom stereocenters. The summed E-state index contributed by atoms with van der Waals surface area (Å²) in [6.45, 7) is 4.04. The fraction of sp³-hybridized carbons (Fsp3) is 0.625. The summed E-state index contributed by atoms with van der Waals surface area (Å²) in [7, 11) is 0. The second-order valence-electron chi connectivity index (χ2n) is 6.26. The van der Waals surface area contributed by atoms with Crippen molar-refractivity contribution in [1.29, 1.82) is 0 Å². The molecule has 20 heavy (non-hydrogen) atoms. The van der Waals surface area contributed by atoms with Crippen LogP contribution < -0.4 is 10.2 Å². The summed E-state index contributed by atoms with van der Waals surface area (Å²) in [6, 6.07) is 3.84. The van der Waals surface area contributed by atoms with Crippen LogP contribution in [0.15, 0.2) is 18.2 Å². The minimum atomic E-state index is -0.484. The third-order valence-electron chi connectivity index (χ3n) is 4.77. The van der Waals surface area contributed by atoms with Crippen LogP contribution in [0.25, 0.3) is 0 Å². The van der Waals surface area contributed by atoms with Gasteiger partial charge in [-0.1, -0.05) is 0 Å².